The summed E-state index contributed by atoms with van der Waals surface area (Å²) in [5.74, 6) is -1.31. The Morgan fingerprint density at radius 2 is 1.84 bits per heavy atom. The van der Waals surface area contributed by atoms with Gasteiger partial charge in [-0.15, -0.1) is 0 Å². The fourth-order valence-electron chi connectivity index (χ4n) is 3.45. The van der Waals surface area contributed by atoms with Crippen molar-refractivity contribution in [2.24, 2.45) is 0 Å². The van der Waals surface area contributed by atoms with Gasteiger partial charge in [-0.2, -0.15) is 13.2 Å². The van der Waals surface area contributed by atoms with Crippen LogP contribution in [0.2, 0.25) is 0 Å². The van der Waals surface area contributed by atoms with Gasteiger partial charge in [-0.1, -0.05) is 15.9 Å². The Morgan fingerprint density at radius 1 is 1.14 bits per heavy atom. The molecular weight excluding hydrogens is 564 g/mol. The highest BCUT2D eigenvalue weighted by molar-refractivity contribution is 9.10. The van der Waals surface area contributed by atoms with E-state index >= 15 is 0 Å². The van der Waals surface area contributed by atoms with E-state index in [0.717, 1.165) is 18.3 Å². The first-order valence-electron chi connectivity index (χ1n) is 10.8. The van der Waals surface area contributed by atoms with Gasteiger partial charge in [0.1, 0.15) is 17.7 Å². The maximum atomic E-state index is 14.8. The SMILES string of the molecule is C[C@@H](NC(=O)C1(NC(=O)Oc2cncnc2)CC1)c1ncc(Nc2ccc(Br)cc2C(F)(F)F)cc1F. The van der Waals surface area contributed by atoms with Crippen molar-refractivity contribution in [1.82, 2.24) is 25.6 Å². The summed E-state index contributed by atoms with van der Waals surface area (Å²) in [4.78, 5) is 36.4. The van der Waals surface area contributed by atoms with Gasteiger partial charge in [-0.05, 0) is 38.0 Å². The molecule has 0 bridgehead atoms. The van der Waals surface area contributed by atoms with Crippen molar-refractivity contribution >= 4 is 39.3 Å². The molecule has 1 saturated carbocycles. The summed E-state index contributed by atoms with van der Waals surface area (Å²) < 4.78 is 60.2. The van der Waals surface area contributed by atoms with Crippen LogP contribution in [0.15, 0.2) is 53.7 Å². The van der Waals surface area contributed by atoms with Gasteiger partial charge < -0.3 is 20.7 Å². The zero-order valence-electron chi connectivity index (χ0n) is 19.1. The second-order valence-electron chi connectivity index (χ2n) is 8.27. The molecule has 2 amide bonds. The van der Waals surface area contributed by atoms with Crippen LogP contribution in [-0.4, -0.2) is 32.5 Å². The number of benzene rings is 1. The molecule has 194 valence electrons. The molecule has 14 heteroatoms. The molecule has 1 aliphatic carbocycles. The molecule has 4 rings (SSSR count). The third kappa shape index (κ3) is 6.31. The van der Waals surface area contributed by atoms with E-state index in [9.17, 15) is 27.2 Å². The lowest BCUT2D eigenvalue weighted by atomic mass is 10.1. The molecule has 1 aliphatic rings. The van der Waals surface area contributed by atoms with Crippen LogP contribution in [-0.2, 0) is 11.0 Å². The second kappa shape index (κ2) is 10.3. The van der Waals surface area contributed by atoms with Gasteiger partial charge in [0.2, 0.25) is 5.91 Å². The lowest BCUT2D eigenvalue weighted by molar-refractivity contribution is -0.137. The van der Waals surface area contributed by atoms with Crippen LogP contribution in [0.25, 0.3) is 0 Å². The average molecular weight is 583 g/mol. The molecular formula is C23H19BrF4N6O3. The third-order valence-electron chi connectivity index (χ3n) is 5.47. The van der Waals surface area contributed by atoms with E-state index in [1.165, 1.54) is 37.8 Å². The topological polar surface area (TPSA) is 118 Å². The third-order valence-corrected chi connectivity index (χ3v) is 5.96. The quantitative estimate of drug-likeness (QED) is 0.334. The summed E-state index contributed by atoms with van der Waals surface area (Å²) in [6, 6.07) is 3.61. The predicted molar refractivity (Wildman–Crippen MR) is 126 cm³/mol. The van der Waals surface area contributed by atoms with E-state index in [-0.39, 0.29) is 27.3 Å². The Morgan fingerprint density at radius 3 is 2.46 bits per heavy atom. The van der Waals surface area contributed by atoms with Gasteiger partial charge in [0.25, 0.3) is 0 Å². The summed E-state index contributed by atoms with van der Waals surface area (Å²) in [5.41, 5.74) is -2.57. The number of ether oxygens (including phenoxy) is 1. The highest BCUT2D eigenvalue weighted by Crippen LogP contribution is 2.38. The Kier molecular flexibility index (Phi) is 7.30. The van der Waals surface area contributed by atoms with Gasteiger partial charge in [-0.25, -0.2) is 19.2 Å². The maximum Gasteiger partial charge on any atom is 0.418 e. The minimum Gasteiger partial charge on any atom is -0.407 e. The number of nitrogens with zero attached hydrogens (tertiary/aromatic N) is 3. The largest absolute Gasteiger partial charge is 0.418 e. The molecule has 2 heterocycles. The molecule has 2 aromatic heterocycles. The molecule has 3 aromatic rings. The molecule has 37 heavy (non-hydrogen) atoms. The predicted octanol–water partition coefficient (Wildman–Crippen LogP) is 5.03. The summed E-state index contributed by atoms with van der Waals surface area (Å²) >= 11 is 3.01. The number of carbonyl (C=O) groups is 2. The smallest absolute Gasteiger partial charge is 0.407 e. The molecule has 1 fully saturated rings. The lowest BCUT2D eigenvalue weighted by Gasteiger charge is -2.21. The van der Waals surface area contributed by atoms with Gasteiger partial charge in [-0.3, -0.25) is 9.78 Å². The number of amides is 2. The molecule has 0 aliphatic heterocycles. The zero-order valence-corrected chi connectivity index (χ0v) is 20.7. The van der Waals surface area contributed by atoms with Crippen LogP contribution in [0.3, 0.4) is 0 Å². The summed E-state index contributed by atoms with van der Waals surface area (Å²) in [5, 5.41) is 7.63. The van der Waals surface area contributed by atoms with Gasteiger partial charge in [0.05, 0.1) is 47.3 Å². The first kappa shape index (κ1) is 26.3. The molecule has 0 radical (unpaired) electrons. The lowest BCUT2D eigenvalue weighted by Crippen LogP contribution is -2.50. The molecule has 0 spiro atoms. The minimum atomic E-state index is -4.63. The van der Waals surface area contributed by atoms with E-state index in [4.69, 9.17) is 4.74 Å². The van der Waals surface area contributed by atoms with E-state index in [1.807, 2.05) is 0 Å². The number of nitrogens with one attached hydrogen (secondary N) is 3. The van der Waals surface area contributed by atoms with Crippen molar-refractivity contribution in [2.75, 3.05) is 5.32 Å². The first-order chi connectivity index (χ1) is 17.5. The monoisotopic (exact) mass is 582 g/mol. The molecule has 3 N–H and O–H groups in total. The van der Waals surface area contributed by atoms with Crippen LogP contribution in [0.1, 0.15) is 37.1 Å². The zero-order chi connectivity index (χ0) is 26.8. The van der Waals surface area contributed by atoms with Crippen LogP contribution < -0.4 is 20.7 Å². The Bertz CT molecular complexity index is 1320. The number of anilines is 2. The highest BCUT2D eigenvalue weighted by atomic mass is 79.9. The number of pyridine rings is 1. The fourth-order valence-corrected chi connectivity index (χ4v) is 3.82. The van der Waals surface area contributed by atoms with Crippen molar-refractivity contribution in [1.29, 1.82) is 0 Å². The second-order valence-corrected chi connectivity index (χ2v) is 9.19. The average Bonchev–Trinajstić information content (AvgIpc) is 3.60. The van der Waals surface area contributed by atoms with Gasteiger partial charge in [0, 0.05) is 10.5 Å². The van der Waals surface area contributed by atoms with Gasteiger partial charge in [0.15, 0.2) is 5.75 Å². The van der Waals surface area contributed by atoms with E-state index in [2.05, 4.69) is 46.8 Å². The number of hydrogen-bond acceptors (Lipinski definition) is 7. The number of hydrogen-bond donors (Lipinski definition) is 3. The van der Waals surface area contributed by atoms with Crippen LogP contribution in [0, 0.1) is 5.82 Å². The standard InChI is InChI=1S/C23H19BrF4N6O3/c1-12(32-20(35)22(4-5-22)34-21(36)37-15-9-29-11-30-10-15)19-17(25)7-14(8-31-19)33-18-3-2-13(24)6-16(18)23(26,27)28/h2-3,6-12,33H,4-5H2,1H3,(H,32,35)(H,34,36)/t12-/m1/s1. The van der Waals surface area contributed by atoms with Crippen LogP contribution in [0.4, 0.5) is 33.7 Å². The van der Waals surface area contributed by atoms with Crippen molar-refractivity contribution in [3.63, 3.8) is 0 Å². The molecule has 9 nitrogen and oxygen atoms in total. The van der Waals surface area contributed by atoms with E-state index in [0.29, 0.717) is 12.8 Å². The Labute approximate surface area is 216 Å². The number of alkyl halides is 3. The number of halogens is 5. The van der Waals surface area contributed by atoms with Crippen molar-refractivity contribution in [3.05, 3.63) is 70.7 Å². The van der Waals surface area contributed by atoms with Crippen molar-refractivity contribution in [3.8, 4) is 5.75 Å². The number of aromatic nitrogens is 3. The number of rotatable bonds is 7. The normalized spacial score (nSPS) is 14.9. The Balaban J connectivity index is 1.41. The van der Waals surface area contributed by atoms with Crippen molar-refractivity contribution in [2.45, 2.75) is 37.5 Å². The fraction of sp³-hybridized carbons (Fsp3) is 0.261. The highest BCUT2D eigenvalue weighted by Gasteiger charge is 2.52. The summed E-state index contributed by atoms with van der Waals surface area (Å²) in [7, 11) is 0. The van der Waals surface area contributed by atoms with Crippen molar-refractivity contribution < 1.29 is 31.9 Å². The van der Waals surface area contributed by atoms with Crippen LogP contribution >= 0.6 is 15.9 Å². The van der Waals surface area contributed by atoms with E-state index < -0.39 is 41.1 Å². The molecule has 0 unspecified atom stereocenters. The van der Waals surface area contributed by atoms with Crippen LogP contribution in [0.5, 0.6) is 5.75 Å². The molecule has 1 aromatic carbocycles. The van der Waals surface area contributed by atoms with E-state index in [1.54, 1.807) is 0 Å². The summed E-state index contributed by atoms with van der Waals surface area (Å²) in [6.07, 6.45) is 0.167. The molecule has 1 atom stereocenters. The number of carbonyl (C=O) groups excluding carboxylic acids is 2. The van der Waals surface area contributed by atoms with Gasteiger partial charge >= 0.3 is 12.3 Å². The maximum absolute atomic E-state index is 14.8. The summed E-state index contributed by atoms with van der Waals surface area (Å²) in [6.45, 7) is 1.49. The Hall–Kier alpha value is -3.81. The molecule has 0 saturated heterocycles. The minimum absolute atomic E-state index is 0.0134. The first-order valence-corrected chi connectivity index (χ1v) is 11.6.